The van der Waals surface area contributed by atoms with E-state index < -0.39 is 5.97 Å². The van der Waals surface area contributed by atoms with Gasteiger partial charge in [-0.2, -0.15) is 0 Å². The van der Waals surface area contributed by atoms with Crippen LogP contribution in [0.15, 0.2) is 18.2 Å². The van der Waals surface area contributed by atoms with Crippen LogP contribution < -0.4 is 5.73 Å². The largest absolute Gasteiger partial charge is 0.480 e. The van der Waals surface area contributed by atoms with Gasteiger partial charge < -0.3 is 15.7 Å². The number of nitrogens with two attached hydrogens (primary N) is 1. The van der Waals surface area contributed by atoms with Crippen LogP contribution in [0.1, 0.15) is 16.8 Å². The van der Waals surface area contributed by atoms with Crippen LogP contribution in [0.5, 0.6) is 0 Å². The number of nitrogens with zero attached hydrogens (tertiary/aromatic N) is 2. The van der Waals surface area contributed by atoms with Gasteiger partial charge in [0.2, 0.25) is 0 Å². The first-order valence-electron chi connectivity index (χ1n) is 6.76. The van der Waals surface area contributed by atoms with Crippen molar-refractivity contribution >= 4 is 29.2 Å². The van der Waals surface area contributed by atoms with Crippen molar-refractivity contribution in [2.45, 2.75) is 6.42 Å². The lowest BCUT2D eigenvalue weighted by molar-refractivity contribution is -0.138. The third kappa shape index (κ3) is 4.09. The molecule has 0 bridgehead atoms. The van der Waals surface area contributed by atoms with Crippen molar-refractivity contribution in [3.63, 3.8) is 0 Å². The maximum absolute atomic E-state index is 12.4. The first-order chi connectivity index (χ1) is 9.97. The van der Waals surface area contributed by atoms with E-state index in [2.05, 4.69) is 0 Å². The summed E-state index contributed by atoms with van der Waals surface area (Å²) < 4.78 is 0. The Bertz CT molecular complexity index is 550. The molecule has 1 aromatic carbocycles. The van der Waals surface area contributed by atoms with Crippen LogP contribution in [0.2, 0.25) is 5.02 Å². The number of hydrogen-bond donors (Lipinski definition) is 2. The number of carbonyl (C=O) groups is 2. The molecule has 0 radical (unpaired) electrons. The lowest BCUT2D eigenvalue weighted by Gasteiger charge is -2.21. The number of halogens is 1. The number of benzene rings is 1. The summed E-state index contributed by atoms with van der Waals surface area (Å²) in [6, 6.07) is 4.84. The van der Waals surface area contributed by atoms with Gasteiger partial charge in [-0.25, -0.2) is 0 Å². The van der Waals surface area contributed by atoms with Crippen molar-refractivity contribution in [2.75, 3.05) is 38.5 Å². The monoisotopic (exact) mass is 311 g/mol. The highest BCUT2D eigenvalue weighted by Crippen LogP contribution is 2.21. The Morgan fingerprint density at radius 2 is 2.00 bits per heavy atom. The number of carbonyl (C=O) groups excluding carboxylic acids is 1. The molecule has 1 heterocycles. The molecule has 1 aliphatic rings. The predicted octanol–water partition coefficient (Wildman–Crippen LogP) is 1.15. The van der Waals surface area contributed by atoms with E-state index in [0.29, 0.717) is 42.5 Å². The van der Waals surface area contributed by atoms with Crippen LogP contribution in [0.3, 0.4) is 0 Å². The molecule has 1 aromatic rings. The second-order valence-electron chi connectivity index (χ2n) is 5.05. The quantitative estimate of drug-likeness (QED) is 0.818. The fourth-order valence-electron chi connectivity index (χ4n) is 2.37. The van der Waals surface area contributed by atoms with E-state index in [1.807, 2.05) is 4.90 Å². The van der Waals surface area contributed by atoms with Crippen molar-refractivity contribution in [1.82, 2.24) is 9.80 Å². The van der Waals surface area contributed by atoms with Gasteiger partial charge in [0.15, 0.2) is 0 Å². The van der Waals surface area contributed by atoms with Crippen LogP contribution in [0.4, 0.5) is 5.69 Å². The number of carboxylic acids is 1. The van der Waals surface area contributed by atoms with E-state index in [9.17, 15) is 9.59 Å². The molecule has 1 amide bonds. The summed E-state index contributed by atoms with van der Waals surface area (Å²) in [6.45, 7) is 2.36. The number of hydrogen-bond acceptors (Lipinski definition) is 4. The molecule has 1 fully saturated rings. The average molecular weight is 312 g/mol. The number of anilines is 1. The molecule has 21 heavy (non-hydrogen) atoms. The van der Waals surface area contributed by atoms with Crippen molar-refractivity contribution in [1.29, 1.82) is 0 Å². The van der Waals surface area contributed by atoms with Gasteiger partial charge in [-0.1, -0.05) is 11.6 Å². The Labute approximate surface area is 128 Å². The Hall–Kier alpha value is -1.79. The summed E-state index contributed by atoms with van der Waals surface area (Å²) in [7, 11) is 0. The topological polar surface area (TPSA) is 86.9 Å². The molecule has 3 N–H and O–H groups in total. The molecule has 0 aliphatic carbocycles. The minimum absolute atomic E-state index is 0.00965. The maximum atomic E-state index is 12.4. The molecule has 0 spiro atoms. The van der Waals surface area contributed by atoms with E-state index in [1.165, 1.54) is 0 Å². The Balaban J connectivity index is 2.02. The number of aliphatic carboxylic acids is 1. The summed E-state index contributed by atoms with van der Waals surface area (Å²) in [5, 5.41) is 9.18. The molecule has 2 rings (SSSR count). The molecule has 1 aliphatic heterocycles. The van der Waals surface area contributed by atoms with E-state index in [-0.39, 0.29) is 12.5 Å². The summed E-state index contributed by atoms with van der Waals surface area (Å²) in [4.78, 5) is 26.7. The minimum Gasteiger partial charge on any atom is -0.480 e. The molecule has 0 unspecified atom stereocenters. The summed E-state index contributed by atoms with van der Waals surface area (Å²) >= 11 is 5.94. The van der Waals surface area contributed by atoms with Gasteiger partial charge >= 0.3 is 5.97 Å². The minimum atomic E-state index is -0.847. The fourth-order valence-corrected chi connectivity index (χ4v) is 2.55. The van der Waals surface area contributed by atoms with Crippen molar-refractivity contribution in [3.05, 3.63) is 28.8 Å². The zero-order valence-electron chi connectivity index (χ0n) is 11.6. The summed E-state index contributed by atoms with van der Waals surface area (Å²) in [5.74, 6) is -0.950. The maximum Gasteiger partial charge on any atom is 0.317 e. The lowest BCUT2D eigenvalue weighted by atomic mass is 10.1. The Kier molecular flexibility index (Phi) is 5.03. The first kappa shape index (κ1) is 15.6. The molecule has 0 aromatic heterocycles. The summed E-state index contributed by atoms with van der Waals surface area (Å²) in [6.07, 6.45) is 0.752. The number of nitrogen functional groups attached to an aromatic ring is 1. The number of amides is 1. The van der Waals surface area contributed by atoms with Crippen LogP contribution in [0.25, 0.3) is 0 Å². The lowest BCUT2D eigenvalue weighted by Crippen LogP contribution is -2.36. The SMILES string of the molecule is Nc1ccc(C(=O)N2CCCN(CC(=O)O)CC2)cc1Cl. The highest BCUT2D eigenvalue weighted by Gasteiger charge is 2.21. The molecule has 0 saturated carbocycles. The van der Waals surface area contributed by atoms with Crippen LogP contribution in [0, 0.1) is 0 Å². The first-order valence-corrected chi connectivity index (χ1v) is 7.13. The Morgan fingerprint density at radius 3 is 2.67 bits per heavy atom. The molecule has 114 valence electrons. The van der Waals surface area contributed by atoms with Gasteiger partial charge in [0.25, 0.3) is 5.91 Å². The normalized spacial score (nSPS) is 16.5. The molecule has 0 atom stereocenters. The van der Waals surface area contributed by atoms with Gasteiger partial charge in [-0.05, 0) is 24.6 Å². The highest BCUT2D eigenvalue weighted by atomic mass is 35.5. The van der Waals surface area contributed by atoms with E-state index in [0.717, 1.165) is 6.42 Å². The third-order valence-electron chi connectivity index (χ3n) is 3.48. The predicted molar refractivity (Wildman–Crippen MR) is 80.5 cm³/mol. The van der Waals surface area contributed by atoms with E-state index in [4.69, 9.17) is 22.4 Å². The van der Waals surface area contributed by atoms with E-state index >= 15 is 0 Å². The van der Waals surface area contributed by atoms with Gasteiger partial charge in [0.05, 0.1) is 17.3 Å². The Morgan fingerprint density at radius 1 is 1.24 bits per heavy atom. The molecule has 7 heteroatoms. The third-order valence-corrected chi connectivity index (χ3v) is 3.81. The molecule has 6 nitrogen and oxygen atoms in total. The van der Waals surface area contributed by atoms with Crippen molar-refractivity contribution < 1.29 is 14.7 Å². The molecular formula is C14H18ClN3O3. The van der Waals surface area contributed by atoms with Gasteiger partial charge in [-0.15, -0.1) is 0 Å². The van der Waals surface area contributed by atoms with Crippen molar-refractivity contribution in [3.8, 4) is 0 Å². The van der Waals surface area contributed by atoms with Gasteiger partial charge in [0, 0.05) is 31.7 Å². The number of rotatable bonds is 3. The fraction of sp³-hybridized carbons (Fsp3) is 0.429. The van der Waals surface area contributed by atoms with Crippen LogP contribution in [-0.2, 0) is 4.79 Å². The van der Waals surface area contributed by atoms with Crippen molar-refractivity contribution in [2.24, 2.45) is 0 Å². The van der Waals surface area contributed by atoms with E-state index in [1.54, 1.807) is 23.1 Å². The molecule has 1 saturated heterocycles. The van der Waals surface area contributed by atoms with Gasteiger partial charge in [-0.3, -0.25) is 14.5 Å². The standard InChI is InChI=1S/C14H18ClN3O3/c15-11-8-10(2-3-12(11)16)14(21)18-5-1-4-17(6-7-18)9-13(19)20/h2-3,8H,1,4-7,9,16H2,(H,19,20). The average Bonchev–Trinajstić information content (AvgIpc) is 2.66. The number of carboxylic acid groups (broad SMARTS) is 1. The highest BCUT2D eigenvalue weighted by molar-refractivity contribution is 6.33. The van der Waals surface area contributed by atoms with Gasteiger partial charge in [0.1, 0.15) is 0 Å². The second-order valence-corrected chi connectivity index (χ2v) is 5.46. The van der Waals surface area contributed by atoms with Crippen LogP contribution >= 0.6 is 11.6 Å². The zero-order valence-corrected chi connectivity index (χ0v) is 12.3. The van der Waals surface area contributed by atoms with Crippen LogP contribution in [-0.4, -0.2) is 59.5 Å². The second kappa shape index (κ2) is 6.78. The summed E-state index contributed by atoms with van der Waals surface area (Å²) in [5.41, 5.74) is 6.58. The molecular weight excluding hydrogens is 294 g/mol. The smallest absolute Gasteiger partial charge is 0.317 e. The zero-order chi connectivity index (χ0) is 15.4.